The van der Waals surface area contributed by atoms with Crippen LogP contribution in [0.2, 0.25) is 0 Å². The van der Waals surface area contributed by atoms with Crippen molar-refractivity contribution in [3.8, 4) is 34.5 Å². The minimum absolute atomic E-state index is 0.120. The molecule has 27 heavy (non-hydrogen) atoms. The molecule has 1 aliphatic rings. The normalized spacial score (nSPS) is 11.4. The summed E-state index contributed by atoms with van der Waals surface area (Å²) in [6.45, 7) is 3.74. The molecule has 1 aromatic carbocycles. The Morgan fingerprint density at radius 3 is 2.93 bits per heavy atom. The highest BCUT2D eigenvalue weighted by Gasteiger charge is 2.30. The first kappa shape index (κ1) is 16.9. The van der Waals surface area contributed by atoms with Gasteiger partial charge in [-0.3, -0.25) is 4.79 Å². The van der Waals surface area contributed by atoms with E-state index in [0.29, 0.717) is 35.8 Å². The number of aromatic nitrogens is 1. The van der Waals surface area contributed by atoms with Gasteiger partial charge < -0.3 is 14.5 Å². The lowest BCUT2D eigenvalue weighted by atomic mass is 9.99. The third-order valence-electron chi connectivity index (χ3n) is 4.47. The summed E-state index contributed by atoms with van der Waals surface area (Å²) in [7, 11) is 0. The number of hydrogen-bond donors (Lipinski definition) is 1. The zero-order chi connectivity index (χ0) is 19.0. The van der Waals surface area contributed by atoms with Crippen LogP contribution in [-0.2, 0) is 11.2 Å². The molecule has 1 amide bonds. The molecule has 4 rings (SSSR count). The molecule has 0 fully saturated rings. The standard InChI is InChI=1S/C21H17N3O3/c1-3-26-21-17(11-22)19(18-5-4-8-27-18)16-10-13-9-14(23-12(2)25)6-7-15(13)20(16)24-21/h4-9H,3,10H2,1-2H3,(H,23,25). The predicted molar refractivity (Wildman–Crippen MR) is 100 cm³/mol. The lowest BCUT2D eigenvalue weighted by Gasteiger charge is -2.13. The number of anilines is 1. The number of rotatable bonds is 4. The van der Waals surface area contributed by atoms with Gasteiger partial charge in [0.15, 0.2) is 0 Å². The van der Waals surface area contributed by atoms with Crippen LogP contribution in [-0.4, -0.2) is 17.5 Å². The molecule has 0 saturated carbocycles. The van der Waals surface area contributed by atoms with Gasteiger partial charge in [-0.1, -0.05) is 6.07 Å². The minimum atomic E-state index is -0.120. The lowest BCUT2D eigenvalue weighted by Crippen LogP contribution is -2.05. The summed E-state index contributed by atoms with van der Waals surface area (Å²) >= 11 is 0. The largest absolute Gasteiger partial charge is 0.477 e. The van der Waals surface area contributed by atoms with E-state index in [1.807, 2.05) is 31.2 Å². The Labute approximate surface area is 156 Å². The zero-order valence-corrected chi connectivity index (χ0v) is 15.0. The number of nitrogens with zero attached hydrogens (tertiary/aromatic N) is 2. The van der Waals surface area contributed by atoms with Crippen molar-refractivity contribution in [2.24, 2.45) is 0 Å². The smallest absolute Gasteiger partial charge is 0.233 e. The average molecular weight is 359 g/mol. The van der Waals surface area contributed by atoms with Gasteiger partial charge in [0.25, 0.3) is 0 Å². The van der Waals surface area contributed by atoms with Crippen molar-refractivity contribution in [1.82, 2.24) is 4.98 Å². The van der Waals surface area contributed by atoms with Crippen LogP contribution in [0.4, 0.5) is 5.69 Å². The number of ether oxygens (including phenoxy) is 1. The fourth-order valence-electron chi connectivity index (χ4n) is 3.48. The quantitative estimate of drug-likeness (QED) is 0.591. The summed E-state index contributed by atoms with van der Waals surface area (Å²) < 4.78 is 11.3. The highest BCUT2D eigenvalue weighted by Crippen LogP contribution is 2.45. The Morgan fingerprint density at radius 1 is 1.41 bits per heavy atom. The molecule has 3 aromatic rings. The van der Waals surface area contributed by atoms with E-state index in [-0.39, 0.29) is 5.91 Å². The van der Waals surface area contributed by atoms with Crippen LogP contribution in [0.25, 0.3) is 22.6 Å². The fourth-order valence-corrected chi connectivity index (χ4v) is 3.48. The molecule has 1 N–H and O–H groups in total. The van der Waals surface area contributed by atoms with Crippen molar-refractivity contribution in [3.63, 3.8) is 0 Å². The van der Waals surface area contributed by atoms with Gasteiger partial charge in [-0.05, 0) is 42.3 Å². The highest BCUT2D eigenvalue weighted by atomic mass is 16.5. The molecule has 6 heteroatoms. The molecule has 0 atom stereocenters. The number of pyridine rings is 1. The van der Waals surface area contributed by atoms with Crippen molar-refractivity contribution in [2.45, 2.75) is 20.3 Å². The van der Waals surface area contributed by atoms with E-state index in [9.17, 15) is 10.1 Å². The van der Waals surface area contributed by atoms with Crippen LogP contribution in [0.1, 0.15) is 30.5 Å². The zero-order valence-electron chi connectivity index (χ0n) is 15.0. The summed E-state index contributed by atoms with van der Waals surface area (Å²) in [4.78, 5) is 16.0. The number of amides is 1. The summed E-state index contributed by atoms with van der Waals surface area (Å²) in [6, 6.07) is 11.6. The van der Waals surface area contributed by atoms with E-state index in [2.05, 4.69) is 16.4 Å². The number of carbonyl (C=O) groups excluding carboxylic acids is 1. The second-order valence-electron chi connectivity index (χ2n) is 6.25. The number of nitriles is 1. The molecule has 0 radical (unpaired) electrons. The Morgan fingerprint density at radius 2 is 2.26 bits per heavy atom. The topological polar surface area (TPSA) is 88.2 Å². The SMILES string of the molecule is CCOc1nc2c(c(-c3ccco3)c1C#N)Cc1cc(NC(C)=O)ccc1-2. The third kappa shape index (κ3) is 2.83. The maximum atomic E-state index is 11.4. The number of furan rings is 1. The van der Waals surface area contributed by atoms with Crippen molar-refractivity contribution in [2.75, 3.05) is 11.9 Å². The molecular formula is C21H17N3O3. The van der Waals surface area contributed by atoms with Crippen molar-refractivity contribution >= 4 is 11.6 Å². The van der Waals surface area contributed by atoms with E-state index in [1.54, 1.807) is 12.3 Å². The first-order valence-electron chi connectivity index (χ1n) is 8.67. The van der Waals surface area contributed by atoms with Crippen molar-refractivity contribution < 1.29 is 13.9 Å². The van der Waals surface area contributed by atoms with Crippen LogP contribution in [0.5, 0.6) is 5.88 Å². The first-order chi connectivity index (χ1) is 13.1. The van der Waals surface area contributed by atoms with E-state index in [4.69, 9.17) is 9.15 Å². The predicted octanol–water partition coefficient (Wildman–Crippen LogP) is 4.14. The Hall–Kier alpha value is -3.59. The third-order valence-corrected chi connectivity index (χ3v) is 4.47. The molecule has 2 aromatic heterocycles. The molecule has 134 valence electrons. The van der Waals surface area contributed by atoms with Gasteiger partial charge in [0.2, 0.25) is 11.8 Å². The number of fused-ring (bicyclic) bond motifs is 3. The monoisotopic (exact) mass is 359 g/mol. The van der Waals surface area contributed by atoms with Crippen LogP contribution in [0.3, 0.4) is 0 Å². The molecule has 0 unspecified atom stereocenters. The fraction of sp³-hybridized carbons (Fsp3) is 0.190. The summed E-state index contributed by atoms with van der Waals surface area (Å²) in [5.74, 6) is 0.801. The molecule has 0 bridgehead atoms. The van der Waals surface area contributed by atoms with E-state index < -0.39 is 0 Å². The van der Waals surface area contributed by atoms with E-state index >= 15 is 0 Å². The van der Waals surface area contributed by atoms with Gasteiger partial charge in [0.1, 0.15) is 17.4 Å². The van der Waals surface area contributed by atoms with Crippen molar-refractivity contribution in [1.29, 1.82) is 5.26 Å². The molecule has 0 spiro atoms. The maximum absolute atomic E-state index is 11.4. The number of hydrogen-bond acceptors (Lipinski definition) is 5. The maximum Gasteiger partial charge on any atom is 0.233 e. The molecule has 0 aliphatic heterocycles. The Kier molecular flexibility index (Phi) is 4.13. The van der Waals surface area contributed by atoms with Crippen LogP contribution in [0.15, 0.2) is 41.0 Å². The number of benzene rings is 1. The van der Waals surface area contributed by atoms with Crippen LogP contribution < -0.4 is 10.1 Å². The Balaban J connectivity index is 1.93. The lowest BCUT2D eigenvalue weighted by molar-refractivity contribution is -0.114. The summed E-state index contributed by atoms with van der Waals surface area (Å²) in [6.07, 6.45) is 2.18. The minimum Gasteiger partial charge on any atom is -0.477 e. The van der Waals surface area contributed by atoms with Gasteiger partial charge in [0, 0.05) is 30.2 Å². The van der Waals surface area contributed by atoms with Gasteiger partial charge in [-0.25, -0.2) is 4.98 Å². The molecular weight excluding hydrogens is 342 g/mol. The van der Waals surface area contributed by atoms with E-state index in [0.717, 1.165) is 28.1 Å². The Bertz CT molecular complexity index is 1080. The molecule has 2 heterocycles. The summed E-state index contributed by atoms with van der Waals surface area (Å²) in [5.41, 5.74) is 5.55. The molecule has 1 aliphatic carbocycles. The summed E-state index contributed by atoms with van der Waals surface area (Å²) in [5, 5.41) is 12.6. The number of nitrogens with one attached hydrogen (secondary N) is 1. The van der Waals surface area contributed by atoms with Crippen LogP contribution in [0, 0.1) is 11.3 Å². The van der Waals surface area contributed by atoms with Crippen LogP contribution >= 0.6 is 0 Å². The van der Waals surface area contributed by atoms with Gasteiger partial charge in [-0.2, -0.15) is 5.26 Å². The van der Waals surface area contributed by atoms with Gasteiger partial charge in [-0.15, -0.1) is 0 Å². The first-order valence-corrected chi connectivity index (χ1v) is 8.67. The van der Waals surface area contributed by atoms with E-state index in [1.165, 1.54) is 6.92 Å². The molecule has 0 saturated heterocycles. The average Bonchev–Trinajstić information content (AvgIpc) is 3.27. The second kappa shape index (κ2) is 6.61. The van der Waals surface area contributed by atoms with Crippen molar-refractivity contribution in [3.05, 3.63) is 53.3 Å². The number of carbonyl (C=O) groups is 1. The second-order valence-corrected chi connectivity index (χ2v) is 6.25. The van der Waals surface area contributed by atoms with Gasteiger partial charge in [0.05, 0.1) is 18.6 Å². The molecule has 6 nitrogen and oxygen atoms in total. The highest BCUT2D eigenvalue weighted by molar-refractivity contribution is 5.91. The van der Waals surface area contributed by atoms with Gasteiger partial charge >= 0.3 is 0 Å².